The van der Waals surface area contributed by atoms with Crippen LogP contribution in [0.2, 0.25) is 0 Å². The van der Waals surface area contributed by atoms with Crippen LogP contribution in [0.1, 0.15) is 39.5 Å². The minimum absolute atomic E-state index is 0.123. The fourth-order valence-corrected chi connectivity index (χ4v) is 3.11. The molecule has 5 nitrogen and oxygen atoms in total. The molecule has 2 unspecified atom stereocenters. The third-order valence-electron chi connectivity index (χ3n) is 4.23. The Morgan fingerprint density at radius 1 is 1.45 bits per heavy atom. The van der Waals surface area contributed by atoms with Gasteiger partial charge >= 0.3 is 5.97 Å². The number of methoxy groups -OCH3 is 1. The third kappa shape index (κ3) is 4.43. The largest absolute Gasteiger partial charge is 0.468 e. The number of carbonyl (C=O) groups is 1. The molecule has 0 bridgehead atoms. The lowest BCUT2D eigenvalue weighted by atomic mass is 9.78. The topological polar surface area (TPSA) is 50.8 Å². The molecule has 0 saturated heterocycles. The highest BCUT2D eigenvalue weighted by molar-refractivity contribution is 5.81. The maximum absolute atomic E-state index is 12.2. The maximum atomic E-state index is 12.2. The Balaban J connectivity index is 2.64. The highest BCUT2D eigenvalue weighted by Crippen LogP contribution is 2.31. The molecule has 1 N–H and O–H groups in total. The Labute approximate surface area is 123 Å². The van der Waals surface area contributed by atoms with Gasteiger partial charge in [-0.15, -0.1) is 0 Å². The van der Waals surface area contributed by atoms with Gasteiger partial charge in [0.05, 0.1) is 13.7 Å². The molecular weight excluding hydrogens is 256 g/mol. The van der Waals surface area contributed by atoms with Gasteiger partial charge in [-0.25, -0.2) is 0 Å². The zero-order valence-electron chi connectivity index (χ0n) is 13.4. The summed E-state index contributed by atoms with van der Waals surface area (Å²) in [5, 5.41) is 3.37. The molecule has 0 heterocycles. The van der Waals surface area contributed by atoms with E-state index in [0.717, 1.165) is 52.0 Å². The molecule has 5 heteroatoms. The van der Waals surface area contributed by atoms with Crippen molar-refractivity contribution in [2.24, 2.45) is 0 Å². The summed E-state index contributed by atoms with van der Waals surface area (Å²) in [6, 6.07) is 0.405. The normalized spacial score (nSPS) is 26.8. The number of hydrogen-bond acceptors (Lipinski definition) is 5. The molecule has 0 amide bonds. The van der Waals surface area contributed by atoms with Crippen LogP contribution < -0.4 is 5.32 Å². The van der Waals surface area contributed by atoms with Gasteiger partial charge in [0.15, 0.2) is 0 Å². The number of rotatable bonds is 8. The van der Waals surface area contributed by atoms with Gasteiger partial charge in [-0.1, -0.05) is 6.92 Å². The van der Waals surface area contributed by atoms with E-state index < -0.39 is 5.54 Å². The second kappa shape index (κ2) is 8.60. The summed E-state index contributed by atoms with van der Waals surface area (Å²) >= 11 is 0. The van der Waals surface area contributed by atoms with E-state index >= 15 is 0 Å². The van der Waals surface area contributed by atoms with Crippen LogP contribution in [0.5, 0.6) is 0 Å². The standard InChI is InChI=1S/C15H30N2O3/c1-5-16-15(14(18)19-4)9-7-8-13(12-15)17(3)10-11-20-6-2/h13,16H,5-12H2,1-4H3. The molecule has 20 heavy (non-hydrogen) atoms. The molecule has 2 atom stereocenters. The van der Waals surface area contributed by atoms with E-state index in [9.17, 15) is 4.79 Å². The summed E-state index contributed by atoms with van der Waals surface area (Å²) < 4.78 is 10.4. The van der Waals surface area contributed by atoms with Gasteiger partial charge in [0, 0.05) is 19.2 Å². The fourth-order valence-electron chi connectivity index (χ4n) is 3.11. The highest BCUT2D eigenvalue weighted by atomic mass is 16.5. The van der Waals surface area contributed by atoms with Crippen LogP contribution in [-0.2, 0) is 14.3 Å². The number of likely N-dealkylation sites (N-methyl/N-ethyl adjacent to an activating group) is 2. The maximum Gasteiger partial charge on any atom is 0.326 e. The van der Waals surface area contributed by atoms with Crippen LogP contribution in [0.3, 0.4) is 0 Å². The Morgan fingerprint density at radius 2 is 2.20 bits per heavy atom. The fraction of sp³-hybridized carbons (Fsp3) is 0.933. The summed E-state index contributed by atoms with van der Waals surface area (Å²) in [5.41, 5.74) is -0.508. The van der Waals surface area contributed by atoms with Gasteiger partial charge in [-0.2, -0.15) is 0 Å². The van der Waals surface area contributed by atoms with Crippen LogP contribution in [0.25, 0.3) is 0 Å². The van der Waals surface area contributed by atoms with Gasteiger partial charge in [0.25, 0.3) is 0 Å². The second-order valence-corrected chi connectivity index (χ2v) is 5.53. The first-order valence-electron chi connectivity index (χ1n) is 7.71. The average molecular weight is 286 g/mol. The number of ether oxygens (including phenoxy) is 2. The summed E-state index contributed by atoms with van der Waals surface area (Å²) in [4.78, 5) is 14.5. The number of carbonyl (C=O) groups excluding carboxylic acids is 1. The first-order valence-corrected chi connectivity index (χ1v) is 7.71. The summed E-state index contributed by atoms with van der Waals surface area (Å²) in [6.07, 6.45) is 3.86. The summed E-state index contributed by atoms with van der Waals surface area (Å²) in [7, 11) is 3.59. The molecule has 1 saturated carbocycles. The molecule has 0 aromatic carbocycles. The van der Waals surface area contributed by atoms with Gasteiger partial charge in [-0.3, -0.25) is 4.79 Å². The second-order valence-electron chi connectivity index (χ2n) is 5.53. The quantitative estimate of drug-likeness (QED) is 0.540. The van der Waals surface area contributed by atoms with Crippen molar-refractivity contribution < 1.29 is 14.3 Å². The number of nitrogens with zero attached hydrogens (tertiary/aromatic N) is 1. The van der Waals surface area contributed by atoms with E-state index in [4.69, 9.17) is 9.47 Å². The zero-order valence-corrected chi connectivity index (χ0v) is 13.4. The summed E-state index contributed by atoms with van der Waals surface area (Å²) in [6.45, 7) is 7.23. The molecular formula is C15H30N2O3. The molecule has 1 rings (SSSR count). The van der Waals surface area contributed by atoms with Crippen LogP contribution in [0.15, 0.2) is 0 Å². The first-order chi connectivity index (χ1) is 9.59. The predicted octanol–water partition coefficient (Wildman–Crippen LogP) is 1.42. The lowest BCUT2D eigenvalue weighted by Crippen LogP contribution is -2.58. The number of hydrogen-bond donors (Lipinski definition) is 1. The SMILES string of the molecule is CCNC1(C(=O)OC)CCCC(N(C)CCOCC)C1. The third-order valence-corrected chi connectivity index (χ3v) is 4.23. The predicted molar refractivity (Wildman–Crippen MR) is 79.8 cm³/mol. The Bertz CT molecular complexity index is 295. The van der Waals surface area contributed by atoms with E-state index in [0.29, 0.717) is 6.04 Å². The Hall–Kier alpha value is -0.650. The van der Waals surface area contributed by atoms with Crippen molar-refractivity contribution in [3.63, 3.8) is 0 Å². The van der Waals surface area contributed by atoms with E-state index in [1.54, 1.807) is 0 Å². The van der Waals surface area contributed by atoms with E-state index in [1.165, 1.54) is 7.11 Å². The van der Waals surface area contributed by atoms with Gasteiger partial charge in [0.2, 0.25) is 0 Å². The Kier molecular flexibility index (Phi) is 7.48. The van der Waals surface area contributed by atoms with Crippen molar-refractivity contribution in [1.29, 1.82) is 0 Å². The van der Waals surface area contributed by atoms with Crippen LogP contribution in [0, 0.1) is 0 Å². The molecule has 0 aromatic rings. The zero-order chi connectivity index (χ0) is 15.0. The highest BCUT2D eigenvalue weighted by Gasteiger charge is 2.43. The van der Waals surface area contributed by atoms with E-state index in [1.807, 2.05) is 13.8 Å². The average Bonchev–Trinajstić information content (AvgIpc) is 2.47. The smallest absolute Gasteiger partial charge is 0.326 e. The minimum Gasteiger partial charge on any atom is -0.468 e. The van der Waals surface area contributed by atoms with E-state index in [-0.39, 0.29) is 5.97 Å². The van der Waals surface area contributed by atoms with Crippen molar-refractivity contribution in [3.05, 3.63) is 0 Å². The van der Waals surface area contributed by atoms with Crippen molar-refractivity contribution in [2.45, 2.75) is 51.1 Å². The van der Waals surface area contributed by atoms with Gasteiger partial charge < -0.3 is 19.7 Å². The van der Waals surface area contributed by atoms with Crippen molar-refractivity contribution in [2.75, 3.05) is 40.5 Å². The molecule has 118 valence electrons. The first kappa shape index (κ1) is 17.4. The van der Waals surface area contributed by atoms with Gasteiger partial charge in [0.1, 0.15) is 5.54 Å². The molecule has 1 aliphatic carbocycles. The van der Waals surface area contributed by atoms with Crippen molar-refractivity contribution >= 4 is 5.97 Å². The van der Waals surface area contributed by atoms with Crippen LogP contribution in [0.4, 0.5) is 0 Å². The number of esters is 1. The molecule has 0 radical (unpaired) electrons. The lowest BCUT2D eigenvalue weighted by molar-refractivity contribution is -0.151. The monoisotopic (exact) mass is 286 g/mol. The van der Waals surface area contributed by atoms with Crippen molar-refractivity contribution in [1.82, 2.24) is 10.2 Å². The van der Waals surface area contributed by atoms with Crippen molar-refractivity contribution in [3.8, 4) is 0 Å². The van der Waals surface area contributed by atoms with Gasteiger partial charge in [-0.05, 0) is 46.2 Å². The number of nitrogens with one attached hydrogen (secondary N) is 1. The molecule has 0 aliphatic heterocycles. The summed E-state index contributed by atoms with van der Waals surface area (Å²) in [5.74, 6) is -0.123. The molecule has 1 fully saturated rings. The van der Waals surface area contributed by atoms with Crippen LogP contribution in [-0.4, -0.2) is 62.9 Å². The lowest BCUT2D eigenvalue weighted by Gasteiger charge is -2.42. The molecule has 0 aromatic heterocycles. The Morgan fingerprint density at radius 3 is 2.80 bits per heavy atom. The minimum atomic E-state index is -0.508. The van der Waals surface area contributed by atoms with E-state index in [2.05, 4.69) is 17.3 Å². The molecule has 0 spiro atoms. The van der Waals surface area contributed by atoms with Crippen LogP contribution >= 0.6 is 0 Å². The molecule has 1 aliphatic rings.